The van der Waals surface area contributed by atoms with E-state index in [4.69, 9.17) is 0 Å². The number of hydrogen-bond acceptors (Lipinski definition) is 4. The Morgan fingerprint density at radius 3 is 2.17 bits per heavy atom. The summed E-state index contributed by atoms with van der Waals surface area (Å²) in [5, 5.41) is 10.9. The van der Waals surface area contributed by atoms with E-state index >= 15 is 0 Å². The molecule has 23 heavy (non-hydrogen) atoms. The minimum atomic E-state index is -0.619. The van der Waals surface area contributed by atoms with Crippen molar-refractivity contribution in [2.24, 2.45) is 0 Å². The van der Waals surface area contributed by atoms with Crippen LogP contribution in [0.25, 0.3) is 0 Å². The standard InChI is InChI=1S/C16H15N3O4/c1-10-6-8-12(9-7-10)15(20)17-18-16(21)13-4-3-5-14(11(13)2)19(22)23/h3-9H,1-2H3,(H,17,20)(H,18,21). The number of amides is 2. The Bertz CT molecular complexity index is 769. The highest BCUT2D eigenvalue weighted by Crippen LogP contribution is 2.20. The van der Waals surface area contributed by atoms with Crippen molar-refractivity contribution in [2.75, 3.05) is 0 Å². The predicted molar refractivity (Wildman–Crippen MR) is 83.9 cm³/mol. The van der Waals surface area contributed by atoms with Gasteiger partial charge in [0.1, 0.15) is 0 Å². The van der Waals surface area contributed by atoms with Crippen LogP contribution < -0.4 is 10.9 Å². The molecule has 0 spiro atoms. The number of nitrogens with one attached hydrogen (secondary N) is 2. The number of benzene rings is 2. The topological polar surface area (TPSA) is 101 Å². The second-order valence-corrected chi connectivity index (χ2v) is 4.98. The molecule has 0 bridgehead atoms. The van der Waals surface area contributed by atoms with E-state index in [1.807, 2.05) is 6.92 Å². The van der Waals surface area contributed by atoms with Gasteiger partial charge in [-0.1, -0.05) is 23.8 Å². The summed E-state index contributed by atoms with van der Waals surface area (Å²) in [6, 6.07) is 11.0. The van der Waals surface area contributed by atoms with Crippen molar-refractivity contribution in [3.63, 3.8) is 0 Å². The average molecular weight is 313 g/mol. The van der Waals surface area contributed by atoms with Gasteiger partial charge >= 0.3 is 0 Å². The zero-order valence-electron chi connectivity index (χ0n) is 12.6. The number of nitrogens with zero attached hydrogens (tertiary/aromatic N) is 1. The van der Waals surface area contributed by atoms with Gasteiger partial charge in [0.2, 0.25) is 0 Å². The second kappa shape index (κ2) is 6.69. The van der Waals surface area contributed by atoms with Crippen molar-refractivity contribution in [2.45, 2.75) is 13.8 Å². The SMILES string of the molecule is Cc1ccc(C(=O)NNC(=O)c2cccc([N+](=O)[O-])c2C)cc1. The van der Waals surface area contributed by atoms with Crippen molar-refractivity contribution >= 4 is 17.5 Å². The van der Waals surface area contributed by atoms with Gasteiger partial charge in [0.25, 0.3) is 17.5 Å². The minimum absolute atomic E-state index is 0.128. The van der Waals surface area contributed by atoms with Crippen molar-refractivity contribution in [1.82, 2.24) is 10.9 Å². The van der Waals surface area contributed by atoms with Crippen molar-refractivity contribution in [3.05, 3.63) is 74.8 Å². The summed E-state index contributed by atoms with van der Waals surface area (Å²) in [6.07, 6.45) is 0. The number of carbonyl (C=O) groups is 2. The molecule has 2 aromatic rings. The third kappa shape index (κ3) is 3.70. The van der Waals surface area contributed by atoms with E-state index in [0.717, 1.165) is 5.56 Å². The van der Waals surface area contributed by atoms with Crippen LogP contribution in [0.3, 0.4) is 0 Å². The highest BCUT2D eigenvalue weighted by Gasteiger charge is 2.18. The van der Waals surface area contributed by atoms with E-state index in [-0.39, 0.29) is 16.8 Å². The van der Waals surface area contributed by atoms with Crippen LogP contribution >= 0.6 is 0 Å². The van der Waals surface area contributed by atoms with Gasteiger partial charge in [0.05, 0.1) is 10.5 Å². The Hall–Kier alpha value is -3.22. The predicted octanol–water partition coefficient (Wildman–Crippen LogP) is 2.29. The summed E-state index contributed by atoms with van der Waals surface area (Å²) in [5.74, 6) is -1.09. The normalized spacial score (nSPS) is 10.0. The quantitative estimate of drug-likeness (QED) is 0.670. The first-order valence-corrected chi connectivity index (χ1v) is 6.81. The molecule has 0 unspecified atom stereocenters. The lowest BCUT2D eigenvalue weighted by molar-refractivity contribution is -0.385. The molecule has 0 aliphatic carbocycles. The molecule has 0 heterocycles. The summed E-state index contributed by atoms with van der Waals surface area (Å²) in [7, 11) is 0. The molecule has 0 saturated carbocycles. The molecule has 0 aliphatic rings. The van der Waals surface area contributed by atoms with Gasteiger partial charge in [-0.3, -0.25) is 30.6 Å². The molecule has 7 heteroatoms. The summed E-state index contributed by atoms with van der Waals surface area (Å²) in [5.41, 5.74) is 6.16. The van der Waals surface area contributed by atoms with Gasteiger partial charge in [-0.2, -0.15) is 0 Å². The molecule has 2 aromatic carbocycles. The van der Waals surface area contributed by atoms with Gasteiger partial charge in [-0.15, -0.1) is 0 Å². The van der Waals surface area contributed by atoms with Crippen LogP contribution in [0.4, 0.5) is 5.69 Å². The van der Waals surface area contributed by atoms with Gasteiger partial charge in [-0.25, -0.2) is 0 Å². The van der Waals surface area contributed by atoms with E-state index in [1.165, 1.54) is 25.1 Å². The number of rotatable bonds is 3. The van der Waals surface area contributed by atoms with Crippen LogP contribution in [0.2, 0.25) is 0 Å². The molecule has 0 atom stereocenters. The van der Waals surface area contributed by atoms with Crippen LogP contribution in [0.15, 0.2) is 42.5 Å². The Labute approximate surface area is 132 Å². The van der Waals surface area contributed by atoms with Gasteiger partial charge in [0.15, 0.2) is 0 Å². The first kappa shape index (κ1) is 16.2. The van der Waals surface area contributed by atoms with E-state index in [0.29, 0.717) is 5.56 Å². The Morgan fingerprint density at radius 1 is 0.957 bits per heavy atom. The molecule has 0 aliphatic heterocycles. The van der Waals surface area contributed by atoms with Crippen molar-refractivity contribution in [1.29, 1.82) is 0 Å². The lowest BCUT2D eigenvalue weighted by Crippen LogP contribution is -2.41. The highest BCUT2D eigenvalue weighted by molar-refractivity contribution is 6.00. The smallest absolute Gasteiger partial charge is 0.267 e. The number of nitro groups is 1. The fourth-order valence-electron chi connectivity index (χ4n) is 2.03. The van der Waals surface area contributed by atoms with E-state index in [9.17, 15) is 19.7 Å². The van der Waals surface area contributed by atoms with Crippen LogP contribution in [0, 0.1) is 24.0 Å². The molecular weight excluding hydrogens is 298 g/mol. The van der Waals surface area contributed by atoms with E-state index < -0.39 is 16.7 Å². The zero-order valence-corrected chi connectivity index (χ0v) is 12.6. The molecular formula is C16H15N3O4. The maximum atomic E-state index is 12.1. The number of hydrazine groups is 1. The van der Waals surface area contributed by atoms with Crippen molar-refractivity contribution in [3.8, 4) is 0 Å². The highest BCUT2D eigenvalue weighted by atomic mass is 16.6. The Balaban J connectivity index is 2.08. The molecule has 0 saturated heterocycles. The monoisotopic (exact) mass is 313 g/mol. The average Bonchev–Trinajstić information content (AvgIpc) is 2.53. The first-order chi connectivity index (χ1) is 10.9. The number of hydrogen-bond donors (Lipinski definition) is 2. The molecule has 2 amide bonds. The third-order valence-electron chi connectivity index (χ3n) is 3.35. The largest absolute Gasteiger partial charge is 0.273 e. The lowest BCUT2D eigenvalue weighted by Gasteiger charge is -2.09. The first-order valence-electron chi connectivity index (χ1n) is 6.81. The van der Waals surface area contributed by atoms with E-state index in [1.54, 1.807) is 24.3 Å². The molecule has 0 fully saturated rings. The number of nitro benzene ring substituents is 1. The molecule has 0 aromatic heterocycles. The summed E-state index contributed by atoms with van der Waals surface area (Å²) >= 11 is 0. The van der Waals surface area contributed by atoms with Crippen molar-refractivity contribution < 1.29 is 14.5 Å². The third-order valence-corrected chi connectivity index (χ3v) is 3.35. The van der Waals surface area contributed by atoms with Crippen LogP contribution in [-0.4, -0.2) is 16.7 Å². The zero-order chi connectivity index (χ0) is 17.0. The van der Waals surface area contributed by atoms with Crippen LogP contribution in [0.1, 0.15) is 31.8 Å². The summed E-state index contributed by atoms with van der Waals surface area (Å²) < 4.78 is 0. The van der Waals surface area contributed by atoms with Gasteiger partial charge in [-0.05, 0) is 32.0 Å². The maximum absolute atomic E-state index is 12.1. The van der Waals surface area contributed by atoms with E-state index in [2.05, 4.69) is 10.9 Å². The molecule has 2 rings (SSSR count). The molecule has 118 valence electrons. The molecule has 7 nitrogen and oxygen atoms in total. The van der Waals surface area contributed by atoms with Crippen LogP contribution in [0.5, 0.6) is 0 Å². The Morgan fingerprint density at radius 2 is 1.57 bits per heavy atom. The van der Waals surface area contributed by atoms with Crippen LogP contribution in [-0.2, 0) is 0 Å². The molecule has 2 N–H and O–H groups in total. The second-order valence-electron chi connectivity index (χ2n) is 4.98. The molecule has 0 radical (unpaired) electrons. The lowest BCUT2D eigenvalue weighted by atomic mass is 10.1. The number of carbonyl (C=O) groups excluding carboxylic acids is 2. The summed E-state index contributed by atoms with van der Waals surface area (Å²) in [6.45, 7) is 3.38. The Kier molecular flexibility index (Phi) is 4.70. The summed E-state index contributed by atoms with van der Waals surface area (Å²) in [4.78, 5) is 34.3. The maximum Gasteiger partial charge on any atom is 0.273 e. The fourth-order valence-corrected chi connectivity index (χ4v) is 2.03. The van der Waals surface area contributed by atoms with Gasteiger partial charge in [0, 0.05) is 17.2 Å². The number of aryl methyl sites for hydroxylation is 1. The van der Waals surface area contributed by atoms with Gasteiger partial charge < -0.3 is 0 Å². The fraction of sp³-hybridized carbons (Fsp3) is 0.125. The minimum Gasteiger partial charge on any atom is -0.267 e.